The molecule has 0 spiro atoms. The van der Waals surface area contributed by atoms with Crippen molar-refractivity contribution in [2.24, 2.45) is 0 Å². The molecule has 2 N–H and O–H groups in total. The van der Waals surface area contributed by atoms with Gasteiger partial charge in [0.2, 0.25) is 5.56 Å². The number of rotatable bonds is 1. The fraction of sp³-hybridized carbons (Fsp3) is 0. The van der Waals surface area contributed by atoms with Gasteiger partial charge in [-0.15, -0.1) is 0 Å². The first-order valence-electron chi connectivity index (χ1n) is 5.51. The second-order valence-electron chi connectivity index (χ2n) is 3.99. The van der Waals surface area contributed by atoms with Crippen LogP contribution in [0.15, 0.2) is 53.6 Å². The molecule has 3 aromatic rings. The number of phenolic OH excluding ortho intramolecular Hbond substituents is 1. The molecule has 0 bridgehead atoms. The Morgan fingerprint density at radius 1 is 1.11 bits per heavy atom. The molecule has 0 atom stereocenters. The molecule has 2 heterocycles. The molecule has 0 radical (unpaired) electrons. The number of phenols is 1. The first-order chi connectivity index (χ1) is 8.75. The van der Waals surface area contributed by atoms with E-state index < -0.39 is 0 Å². The van der Waals surface area contributed by atoms with Crippen molar-refractivity contribution in [2.45, 2.75) is 0 Å². The number of aromatic hydroxyl groups is 1. The number of benzene rings is 1. The number of fused-ring (bicyclic) bond motifs is 1. The summed E-state index contributed by atoms with van der Waals surface area (Å²) in [4.78, 5) is 18.0. The Balaban J connectivity index is 2.39. The number of H-pyrrole nitrogens is 1. The van der Waals surface area contributed by atoms with E-state index in [1.54, 1.807) is 24.5 Å². The van der Waals surface area contributed by atoms with Crippen LogP contribution in [0.25, 0.3) is 22.0 Å². The summed E-state index contributed by atoms with van der Waals surface area (Å²) in [5.41, 5.74) is 2.08. The smallest absolute Gasteiger partial charge is 0.248 e. The van der Waals surface area contributed by atoms with Crippen LogP contribution in [-0.2, 0) is 0 Å². The number of hydrogen-bond acceptors (Lipinski definition) is 3. The first-order valence-corrected chi connectivity index (χ1v) is 5.51. The normalized spacial score (nSPS) is 10.7. The van der Waals surface area contributed by atoms with Gasteiger partial charge >= 0.3 is 0 Å². The molecule has 88 valence electrons. The van der Waals surface area contributed by atoms with Crippen molar-refractivity contribution in [3.63, 3.8) is 0 Å². The number of aromatic nitrogens is 2. The second kappa shape index (κ2) is 4.00. The highest BCUT2D eigenvalue weighted by molar-refractivity contribution is 5.97. The highest BCUT2D eigenvalue weighted by Gasteiger charge is 2.07. The summed E-state index contributed by atoms with van der Waals surface area (Å²) in [6, 6.07) is 10.3. The lowest BCUT2D eigenvalue weighted by Crippen LogP contribution is -2.02. The molecule has 3 rings (SSSR count). The van der Waals surface area contributed by atoms with Gasteiger partial charge in [0.05, 0.1) is 5.52 Å². The van der Waals surface area contributed by atoms with Crippen molar-refractivity contribution in [1.82, 2.24) is 9.97 Å². The minimum atomic E-state index is -0.235. The summed E-state index contributed by atoms with van der Waals surface area (Å²) in [5, 5.41) is 10.6. The SMILES string of the molecule is O=c1ccc2c(-c3cccnc3)ccc(O)c2[nH]1. The monoisotopic (exact) mass is 238 g/mol. The minimum Gasteiger partial charge on any atom is -0.506 e. The predicted octanol–water partition coefficient (Wildman–Crippen LogP) is 2.30. The Bertz CT molecular complexity index is 764. The molecular weight excluding hydrogens is 228 g/mol. The Kier molecular flexibility index (Phi) is 2.34. The maximum atomic E-state index is 11.3. The van der Waals surface area contributed by atoms with Gasteiger partial charge in [-0.05, 0) is 29.8 Å². The van der Waals surface area contributed by atoms with E-state index >= 15 is 0 Å². The van der Waals surface area contributed by atoms with Crippen LogP contribution in [0.5, 0.6) is 5.75 Å². The van der Waals surface area contributed by atoms with Crippen LogP contribution in [0.4, 0.5) is 0 Å². The molecule has 0 saturated carbocycles. The molecule has 0 amide bonds. The molecule has 0 aliphatic rings. The van der Waals surface area contributed by atoms with E-state index in [-0.39, 0.29) is 11.3 Å². The van der Waals surface area contributed by atoms with Crippen molar-refractivity contribution < 1.29 is 5.11 Å². The van der Waals surface area contributed by atoms with Crippen LogP contribution in [0, 0.1) is 0 Å². The van der Waals surface area contributed by atoms with Crippen LogP contribution in [0.1, 0.15) is 0 Å². The summed E-state index contributed by atoms with van der Waals surface area (Å²) in [7, 11) is 0. The molecule has 4 heteroatoms. The molecule has 0 saturated heterocycles. The van der Waals surface area contributed by atoms with E-state index in [4.69, 9.17) is 0 Å². The summed E-state index contributed by atoms with van der Waals surface area (Å²) < 4.78 is 0. The van der Waals surface area contributed by atoms with Gasteiger partial charge in [-0.1, -0.05) is 6.07 Å². The molecule has 18 heavy (non-hydrogen) atoms. The number of nitrogens with zero attached hydrogens (tertiary/aromatic N) is 1. The van der Waals surface area contributed by atoms with E-state index in [9.17, 15) is 9.90 Å². The van der Waals surface area contributed by atoms with Gasteiger partial charge in [0.25, 0.3) is 0 Å². The van der Waals surface area contributed by atoms with Crippen molar-refractivity contribution in [3.05, 3.63) is 59.1 Å². The lowest BCUT2D eigenvalue weighted by atomic mass is 10.0. The zero-order chi connectivity index (χ0) is 12.5. The van der Waals surface area contributed by atoms with E-state index in [1.807, 2.05) is 18.2 Å². The lowest BCUT2D eigenvalue weighted by molar-refractivity contribution is 0.480. The van der Waals surface area contributed by atoms with E-state index in [0.29, 0.717) is 5.52 Å². The van der Waals surface area contributed by atoms with Gasteiger partial charge in [0.1, 0.15) is 5.75 Å². The van der Waals surface area contributed by atoms with Crippen LogP contribution < -0.4 is 5.56 Å². The fourth-order valence-corrected chi connectivity index (χ4v) is 2.01. The Morgan fingerprint density at radius 3 is 2.78 bits per heavy atom. The van der Waals surface area contributed by atoms with E-state index in [2.05, 4.69) is 9.97 Å². The van der Waals surface area contributed by atoms with Crippen molar-refractivity contribution >= 4 is 10.9 Å². The predicted molar refractivity (Wildman–Crippen MR) is 69.5 cm³/mol. The van der Waals surface area contributed by atoms with Crippen molar-refractivity contribution in [2.75, 3.05) is 0 Å². The standard InChI is InChI=1S/C14H10N2O2/c17-12-5-3-10(9-2-1-7-15-8-9)11-4-6-13(18)16-14(11)12/h1-8,17H,(H,16,18). The Labute approximate surface area is 103 Å². The summed E-state index contributed by atoms with van der Waals surface area (Å²) >= 11 is 0. The van der Waals surface area contributed by atoms with Crippen LogP contribution in [0.2, 0.25) is 0 Å². The maximum absolute atomic E-state index is 11.3. The van der Waals surface area contributed by atoms with Crippen LogP contribution in [-0.4, -0.2) is 15.1 Å². The minimum absolute atomic E-state index is 0.0651. The van der Waals surface area contributed by atoms with E-state index in [0.717, 1.165) is 16.5 Å². The molecule has 0 aliphatic carbocycles. The number of pyridine rings is 2. The zero-order valence-electron chi connectivity index (χ0n) is 9.42. The average molecular weight is 238 g/mol. The van der Waals surface area contributed by atoms with Crippen molar-refractivity contribution in [1.29, 1.82) is 0 Å². The quantitative estimate of drug-likeness (QED) is 0.683. The third-order valence-electron chi connectivity index (χ3n) is 2.85. The fourth-order valence-electron chi connectivity index (χ4n) is 2.01. The summed E-state index contributed by atoms with van der Waals surface area (Å²) in [5.74, 6) is 0.0651. The largest absolute Gasteiger partial charge is 0.506 e. The third-order valence-corrected chi connectivity index (χ3v) is 2.85. The van der Waals surface area contributed by atoms with Crippen LogP contribution >= 0.6 is 0 Å². The molecule has 4 nitrogen and oxygen atoms in total. The maximum Gasteiger partial charge on any atom is 0.248 e. The molecule has 0 unspecified atom stereocenters. The zero-order valence-corrected chi connectivity index (χ0v) is 9.42. The topological polar surface area (TPSA) is 66.0 Å². The van der Waals surface area contributed by atoms with Gasteiger partial charge in [-0.2, -0.15) is 0 Å². The van der Waals surface area contributed by atoms with Gasteiger partial charge in [-0.3, -0.25) is 9.78 Å². The highest BCUT2D eigenvalue weighted by Crippen LogP contribution is 2.31. The van der Waals surface area contributed by atoms with Gasteiger partial charge < -0.3 is 10.1 Å². The lowest BCUT2D eigenvalue weighted by Gasteiger charge is -2.07. The molecule has 2 aromatic heterocycles. The Morgan fingerprint density at radius 2 is 2.00 bits per heavy atom. The molecule has 0 aliphatic heterocycles. The number of aromatic amines is 1. The second-order valence-corrected chi connectivity index (χ2v) is 3.99. The highest BCUT2D eigenvalue weighted by atomic mass is 16.3. The average Bonchev–Trinajstić information content (AvgIpc) is 2.41. The van der Waals surface area contributed by atoms with Gasteiger partial charge in [0.15, 0.2) is 0 Å². The van der Waals surface area contributed by atoms with Gasteiger partial charge in [-0.25, -0.2) is 0 Å². The van der Waals surface area contributed by atoms with Crippen LogP contribution in [0.3, 0.4) is 0 Å². The summed E-state index contributed by atoms with van der Waals surface area (Å²) in [6.45, 7) is 0. The summed E-state index contributed by atoms with van der Waals surface area (Å²) in [6.07, 6.45) is 3.45. The third kappa shape index (κ3) is 1.64. The number of hydrogen-bond donors (Lipinski definition) is 2. The van der Waals surface area contributed by atoms with Crippen molar-refractivity contribution in [3.8, 4) is 16.9 Å². The molecule has 0 fully saturated rings. The first kappa shape index (κ1) is 10.5. The van der Waals surface area contributed by atoms with E-state index in [1.165, 1.54) is 6.07 Å². The molecule has 1 aromatic carbocycles. The Hall–Kier alpha value is -2.62. The molecular formula is C14H10N2O2. The number of nitrogens with one attached hydrogen (secondary N) is 1. The van der Waals surface area contributed by atoms with Gasteiger partial charge in [0, 0.05) is 29.4 Å².